The summed E-state index contributed by atoms with van der Waals surface area (Å²) in [6.07, 6.45) is 0.318. The Morgan fingerprint density at radius 1 is 1.00 bits per heavy atom. The Hall–Kier alpha value is -2.73. The topological polar surface area (TPSA) is 78.4 Å². The Morgan fingerprint density at radius 3 is 2.44 bits per heavy atom. The van der Waals surface area contributed by atoms with Crippen LogP contribution in [0.5, 0.6) is 0 Å². The zero-order chi connectivity index (χ0) is 18.1. The number of nitrogens with one attached hydrogen (secondary N) is 2. The first kappa shape index (κ1) is 18.6. The van der Waals surface area contributed by atoms with E-state index >= 15 is 0 Å². The minimum Gasteiger partial charge on any atom is -0.388 e. The molecule has 0 bridgehead atoms. The summed E-state index contributed by atoms with van der Waals surface area (Å²) in [4.78, 5) is 23.4. The van der Waals surface area contributed by atoms with Gasteiger partial charge in [-0.05, 0) is 36.1 Å². The van der Waals surface area contributed by atoms with Gasteiger partial charge in [0.1, 0.15) is 5.82 Å². The van der Waals surface area contributed by atoms with E-state index in [-0.39, 0.29) is 18.7 Å². The van der Waals surface area contributed by atoms with E-state index in [9.17, 15) is 19.1 Å². The second kappa shape index (κ2) is 9.54. The van der Waals surface area contributed by atoms with Gasteiger partial charge in [-0.3, -0.25) is 20.4 Å². The lowest BCUT2D eigenvalue weighted by Crippen LogP contribution is -2.42. The number of hydrogen-bond donors (Lipinski definition) is 3. The molecule has 5 nitrogen and oxygen atoms in total. The Balaban J connectivity index is 1.66. The molecule has 0 saturated carbocycles. The average molecular weight is 344 g/mol. The highest BCUT2D eigenvalue weighted by atomic mass is 19.1. The van der Waals surface area contributed by atoms with E-state index in [1.807, 2.05) is 30.3 Å². The van der Waals surface area contributed by atoms with E-state index in [1.54, 1.807) is 0 Å². The maximum absolute atomic E-state index is 13.1. The molecule has 0 aliphatic carbocycles. The first-order chi connectivity index (χ1) is 12.0. The van der Waals surface area contributed by atoms with Gasteiger partial charge in [0.15, 0.2) is 0 Å². The number of carbonyl (C=O) groups excluding carboxylic acids is 2. The molecular formula is C19H21FN2O3. The Bertz CT molecular complexity index is 707. The van der Waals surface area contributed by atoms with Crippen LogP contribution in [0.25, 0.3) is 0 Å². The van der Waals surface area contributed by atoms with Gasteiger partial charge in [0.2, 0.25) is 11.8 Å². The van der Waals surface area contributed by atoms with Crippen LogP contribution in [0.2, 0.25) is 0 Å². The second-order valence-electron chi connectivity index (χ2n) is 5.71. The molecular weight excluding hydrogens is 323 g/mol. The highest BCUT2D eigenvalue weighted by Gasteiger charge is 2.14. The van der Waals surface area contributed by atoms with E-state index in [0.717, 1.165) is 12.0 Å². The molecule has 3 N–H and O–H groups in total. The van der Waals surface area contributed by atoms with Gasteiger partial charge in [-0.25, -0.2) is 4.39 Å². The van der Waals surface area contributed by atoms with Crippen LogP contribution in [-0.4, -0.2) is 16.9 Å². The minimum atomic E-state index is -1.13. The molecule has 2 aromatic rings. The standard InChI is InChI=1S/C19H21FN2O3/c20-16-10-5-9-15(12-16)17(23)13-19(25)22-21-18(24)11-4-8-14-6-2-1-3-7-14/h1-3,5-7,9-10,12,17,23H,4,8,11,13H2,(H,21,24)(H,22,25). The van der Waals surface area contributed by atoms with Crippen molar-refractivity contribution < 1.29 is 19.1 Å². The first-order valence-electron chi connectivity index (χ1n) is 8.10. The van der Waals surface area contributed by atoms with Crippen molar-refractivity contribution in [3.05, 3.63) is 71.5 Å². The summed E-state index contributed by atoms with van der Waals surface area (Å²) in [5.41, 5.74) is 6.03. The molecule has 0 aliphatic heterocycles. The number of benzene rings is 2. The van der Waals surface area contributed by atoms with Crippen molar-refractivity contribution in [2.75, 3.05) is 0 Å². The third-order valence-corrected chi connectivity index (χ3v) is 3.67. The quantitative estimate of drug-likeness (QED) is 0.675. The molecule has 2 amide bonds. The summed E-state index contributed by atoms with van der Waals surface area (Å²) >= 11 is 0. The smallest absolute Gasteiger partial charge is 0.241 e. The highest BCUT2D eigenvalue weighted by Crippen LogP contribution is 2.17. The molecule has 0 aromatic heterocycles. The summed E-state index contributed by atoms with van der Waals surface area (Å²) < 4.78 is 13.1. The number of carbonyl (C=O) groups is 2. The number of aliphatic hydroxyl groups is 1. The van der Waals surface area contributed by atoms with E-state index < -0.39 is 17.8 Å². The molecule has 0 heterocycles. The third kappa shape index (κ3) is 6.73. The minimum absolute atomic E-state index is 0.270. The maximum atomic E-state index is 13.1. The van der Waals surface area contributed by atoms with E-state index in [2.05, 4.69) is 10.9 Å². The molecule has 1 atom stereocenters. The molecule has 2 rings (SSSR count). The van der Waals surface area contributed by atoms with E-state index in [0.29, 0.717) is 12.0 Å². The van der Waals surface area contributed by atoms with Gasteiger partial charge in [-0.1, -0.05) is 42.5 Å². The molecule has 1 unspecified atom stereocenters. The number of amides is 2. The summed E-state index contributed by atoms with van der Waals surface area (Å²) in [5.74, 6) is -1.33. The zero-order valence-electron chi connectivity index (χ0n) is 13.7. The van der Waals surface area contributed by atoms with Crippen molar-refractivity contribution in [2.45, 2.75) is 31.8 Å². The van der Waals surface area contributed by atoms with Crippen LogP contribution in [0, 0.1) is 5.82 Å². The van der Waals surface area contributed by atoms with Crippen molar-refractivity contribution in [1.29, 1.82) is 0 Å². The summed E-state index contributed by atoms with van der Waals surface area (Å²) in [7, 11) is 0. The summed E-state index contributed by atoms with van der Waals surface area (Å²) in [5, 5.41) is 9.91. The fraction of sp³-hybridized carbons (Fsp3) is 0.263. The van der Waals surface area contributed by atoms with Crippen molar-refractivity contribution >= 4 is 11.8 Å². The van der Waals surface area contributed by atoms with Gasteiger partial charge in [0.25, 0.3) is 0 Å². The van der Waals surface area contributed by atoms with Gasteiger partial charge in [-0.2, -0.15) is 0 Å². The fourth-order valence-corrected chi connectivity index (χ4v) is 2.36. The number of hydrogen-bond acceptors (Lipinski definition) is 3. The maximum Gasteiger partial charge on any atom is 0.241 e. The predicted molar refractivity (Wildman–Crippen MR) is 91.6 cm³/mol. The normalized spacial score (nSPS) is 11.6. The molecule has 2 aromatic carbocycles. The molecule has 0 saturated heterocycles. The lowest BCUT2D eigenvalue weighted by Gasteiger charge is -2.12. The summed E-state index contributed by atoms with van der Waals surface area (Å²) in [6, 6.07) is 15.2. The van der Waals surface area contributed by atoms with Crippen molar-refractivity contribution in [2.24, 2.45) is 0 Å². The second-order valence-corrected chi connectivity index (χ2v) is 5.71. The van der Waals surface area contributed by atoms with Crippen molar-refractivity contribution in [3.63, 3.8) is 0 Å². The number of halogens is 1. The van der Waals surface area contributed by atoms with Crippen LogP contribution in [-0.2, 0) is 16.0 Å². The Kier molecular flexibility index (Phi) is 7.10. The van der Waals surface area contributed by atoms with E-state index in [4.69, 9.17) is 0 Å². The zero-order valence-corrected chi connectivity index (χ0v) is 13.7. The van der Waals surface area contributed by atoms with Gasteiger partial charge >= 0.3 is 0 Å². The predicted octanol–water partition coefficient (Wildman–Crippen LogP) is 2.42. The van der Waals surface area contributed by atoms with E-state index in [1.165, 1.54) is 24.3 Å². The van der Waals surface area contributed by atoms with Gasteiger partial charge in [0, 0.05) is 6.42 Å². The molecule has 25 heavy (non-hydrogen) atoms. The Morgan fingerprint density at radius 2 is 1.72 bits per heavy atom. The average Bonchev–Trinajstić information content (AvgIpc) is 2.61. The lowest BCUT2D eigenvalue weighted by atomic mass is 10.1. The number of hydrazine groups is 1. The fourth-order valence-electron chi connectivity index (χ4n) is 2.36. The number of rotatable bonds is 7. The van der Waals surface area contributed by atoms with Gasteiger partial charge in [0.05, 0.1) is 12.5 Å². The van der Waals surface area contributed by atoms with Crippen molar-refractivity contribution in [1.82, 2.24) is 10.9 Å². The number of aryl methyl sites for hydroxylation is 1. The monoisotopic (exact) mass is 344 g/mol. The highest BCUT2D eigenvalue weighted by molar-refractivity contribution is 5.82. The van der Waals surface area contributed by atoms with Crippen LogP contribution in [0.15, 0.2) is 54.6 Å². The van der Waals surface area contributed by atoms with Gasteiger partial charge < -0.3 is 5.11 Å². The van der Waals surface area contributed by atoms with Crippen LogP contribution in [0.1, 0.15) is 36.5 Å². The van der Waals surface area contributed by atoms with Crippen molar-refractivity contribution in [3.8, 4) is 0 Å². The lowest BCUT2D eigenvalue weighted by molar-refractivity contribution is -0.130. The molecule has 6 heteroatoms. The molecule has 0 aliphatic rings. The Labute approximate surface area is 145 Å². The van der Waals surface area contributed by atoms with Crippen LogP contribution >= 0.6 is 0 Å². The van der Waals surface area contributed by atoms with Crippen LogP contribution < -0.4 is 10.9 Å². The third-order valence-electron chi connectivity index (χ3n) is 3.67. The van der Waals surface area contributed by atoms with Gasteiger partial charge in [-0.15, -0.1) is 0 Å². The van der Waals surface area contributed by atoms with Crippen LogP contribution in [0.3, 0.4) is 0 Å². The molecule has 132 valence electrons. The number of aliphatic hydroxyl groups excluding tert-OH is 1. The molecule has 0 fully saturated rings. The largest absolute Gasteiger partial charge is 0.388 e. The van der Waals surface area contributed by atoms with Crippen LogP contribution in [0.4, 0.5) is 4.39 Å². The molecule has 0 spiro atoms. The summed E-state index contributed by atoms with van der Waals surface area (Å²) in [6.45, 7) is 0. The SMILES string of the molecule is O=C(CCCc1ccccc1)NNC(=O)CC(O)c1cccc(F)c1. The molecule has 0 radical (unpaired) electrons. The first-order valence-corrected chi connectivity index (χ1v) is 8.10.